The number of halogens is 3. The van der Waals surface area contributed by atoms with Gasteiger partial charge < -0.3 is 9.84 Å². The van der Waals surface area contributed by atoms with Crippen LogP contribution >= 0.6 is 15.9 Å². The third-order valence-electron chi connectivity index (χ3n) is 2.78. The Morgan fingerprint density at radius 2 is 1.86 bits per heavy atom. The van der Waals surface area contributed by atoms with Gasteiger partial charge in [0.25, 0.3) is 0 Å². The number of carboxylic acid groups (broad SMARTS) is 1. The van der Waals surface area contributed by atoms with Crippen molar-refractivity contribution in [3.63, 3.8) is 0 Å². The number of carboxylic acids is 1. The molecule has 3 nitrogen and oxygen atoms in total. The summed E-state index contributed by atoms with van der Waals surface area (Å²) >= 11 is 3.15. The SMILES string of the molecule is O=C(O)c1ccc(Br)cc1OCC(F)(F)c1ccccc1. The lowest BCUT2D eigenvalue weighted by Gasteiger charge is -2.18. The van der Waals surface area contributed by atoms with E-state index in [1.54, 1.807) is 6.07 Å². The molecule has 0 unspecified atom stereocenters. The van der Waals surface area contributed by atoms with Crippen LogP contribution in [0.25, 0.3) is 0 Å². The van der Waals surface area contributed by atoms with Gasteiger partial charge in [0.05, 0.1) is 0 Å². The smallest absolute Gasteiger partial charge is 0.339 e. The maximum atomic E-state index is 14.0. The fourth-order valence-electron chi connectivity index (χ4n) is 1.73. The summed E-state index contributed by atoms with van der Waals surface area (Å²) in [6.45, 7) is -0.937. The van der Waals surface area contributed by atoms with Crippen LogP contribution in [0.5, 0.6) is 5.75 Å². The lowest BCUT2D eigenvalue weighted by Crippen LogP contribution is -2.23. The van der Waals surface area contributed by atoms with E-state index in [-0.39, 0.29) is 16.9 Å². The van der Waals surface area contributed by atoms with Crippen LogP contribution in [0, 0.1) is 0 Å². The highest BCUT2D eigenvalue weighted by Gasteiger charge is 2.33. The second-order valence-electron chi connectivity index (χ2n) is 4.30. The second kappa shape index (κ2) is 6.22. The van der Waals surface area contributed by atoms with Gasteiger partial charge in [-0.1, -0.05) is 46.3 Å². The molecule has 0 atom stereocenters. The van der Waals surface area contributed by atoms with Crippen molar-refractivity contribution in [1.29, 1.82) is 0 Å². The summed E-state index contributed by atoms with van der Waals surface area (Å²) < 4.78 is 33.6. The van der Waals surface area contributed by atoms with Gasteiger partial charge >= 0.3 is 11.9 Å². The van der Waals surface area contributed by atoms with E-state index in [0.717, 1.165) is 0 Å². The molecular formula is C15H11BrF2O3. The molecule has 21 heavy (non-hydrogen) atoms. The molecule has 2 aromatic rings. The fraction of sp³-hybridized carbons (Fsp3) is 0.133. The van der Waals surface area contributed by atoms with Gasteiger partial charge in [-0.25, -0.2) is 4.79 Å². The average Bonchev–Trinajstić information content (AvgIpc) is 2.46. The van der Waals surface area contributed by atoms with E-state index in [0.29, 0.717) is 4.47 Å². The molecule has 0 saturated heterocycles. The van der Waals surface area contributed by atoms with Crippen molar-refractivity contribution in [2.45, 2.75) is 5.92 Å². The van der Waals surface area contributed by atoms with Gasteiger partial charge in [-0.05, 0) is 18.2 Å². The molecule has 0 aliphatic rings. The molecule has 1 N–H and O–H groups in total. The van der Waals surface area contributed by atoms with Gasteiger partial charge in [0, 0.05) is 10.0 Å². The Hall–Kier alpha value is -1.95. The van der Waals surface area contributed by atoms with E-state index in [9.17, 15) is 13.6 Å². The zero-order valence-corrected chi connectivity index (χ0v) is 12.3. The molecule has 0 spiro atoms. The Bertz CT molecular complexity index is 645. The maximum Gasteiger partial charge on any atom is 0.339 e. The van der Waals surface area contributed by atoms with E-state index in [4.69, 9.17) is 9.84 Å². The number of aromatic carboxylic acids is 1. The summed E-state index contributed by atoms with van der Waals surface area (Å²) in [6.07, 6.45) is 0. The molecule has 0 saturated carbocycles. The zero-order chi connectivity index (χ0) is 15.5. The van der Waals surface area contributed by atoms with Crippen LogP contribution in [0.4, 0.5) is 8.78 Å². The van der Waals surface area contributed by atoms with Crippen LogP contribution in [0.3, 0.4) is 0 Å². The average molecular weight is 357 g/mol. The molecule has 0 heterocycles. The van der Waals surface area contributed by atoms with Crippen molar-refractivity contribution in [2.75, 3.05) is 6.61 Å². The van der Waals surface area contributed by atoms with Crippen molar-refractivity contribution in [2.24, 2.45) is 0 Å². The molecular weight excluding hydrogens is 346 g/mol. The summed E-state index contributed by atoms with van der Waals surface area (Å²) in [5.41, 5.74) is -0.348. The van der Waals surface area contributed by atoms with Crippen LogP contribution in [0.2, 0.25) is 0 Å². The Kier molecular flexibility index (Phi) is 4.57. The lowest BCUT2D eigenvalue weighted by atomic mass is 10.1. The van der Waals surface area contributed by atoms with Gasteiger partial charge in [-0.15, -0.1) is 0 Å². The Labute approximate surface area is 128 Å². The summed E-state index contributed by atoms with van der Waals surface area (Å²) in [6, 6.07) is 11.4. The number of hydrogen-bond acceptors (Lipinski definition) is 2. The van der Waals surface area contributed by atoms with Crippen LogP contribution in [-0.2, 0) is 5.92 Å². The first-order chi connectivity index (χ1) is 9.90. The lowest BCUT2D eigenvalue weighted by molar-refractivity contribution is -0.0470. The van der Waals surface area contributed by atoms with Gasteiger partial charge in [0.15, 0.2) is 6.61 Å². The Morgan fingerprint density at radius 3 is 2.48 bits per heavy atom. The minimum Gasteiger partial charge on any atom is -0.486 e. The number of benzene rings is 2. The molecule has 0 bridgehead atoms. The third kappa shape index (κ3) is 3.78. The third-order valence-corrected chi connectivity index (χ3v) is 3.27. The highest BCUT2D eigenvalue weighted by Crippen LogP contribution is 2.30. The number of alkyl halides is 2. The van der Waals surface area contributed by atoms with Gasteiger partial charge in [0.2, 0.25) is 0 Å². The van der Waals surface area contributed by atoms with Crippen molar-refractivity contribution >= 4 is 21.9 Å². The van der Waals surface area contributed by atoms with Crippen LogP contribution in [0.1, 0.15) is 15.9 Å². The van der Waals surface area contributed by atoms with Gasteiger partial charge in [-0.3, -0.25) is 0 Å². The Balaban J connectivity index is 2.20. The van der Waals surface area contributed by atoms with Crippen molar-refractivity contribution in [1.82, 2.24) is 0 Å². The molecule has 6 heteroatoms. The number of rotatable bonds is 5. The summed E-state index contributed by atoms with van der Waals surface area (Å²) in [5.74, 6) is -4.55. The molecule has 110 valence electrons. The van der Waals surface area contributed by atoms with Gasteiger partial charge in [-0.2, -0.15) is 8.78 Å². The van der Waals surface area contributed by atoms with Crippen LogP contribution in [-0.4, -0.2) is 17.7 Å². The summed E-state index contributed by atoms with van der Waals surface area (Å²) in [5, 5.41) is 9.02. The fourth-order valence-corrected chi connectivity index (χ4v) is 2.07. The summed E-state index contributed by atoms with van der Waals surface area (Å²) in [7, 11) is 0. The predicted octanol–water partition coefficient (Wildman–Crippen LogP) is 4.32. The Morgan fingerprint density at radius 1 is 1.19 bits per heavy atom. The summed E-state index contributed by atoms with van der Waals surface area (Å²) in [4.78, 5) is 11.0. The van der Waals surface area contributed by atoms with Crippen LogP contribution in [0.15, 0.2) is 53.0 Å². The number of ether oxygens (including phenoxy) is 1. The van der Waals surface area contributed by atoms with E-state index in [1.807, 2.05) is 0 Å². The highest BCUT2D eigenvalue weighted by molar-refractivity contribution is 9.10. The first kappa shape index (κ1) is 15.4. The molecule has 2 rings (SSSR count). The molecule has 0 radical (unpaired) electrons. The molecule has 0 aliphatic carbocycles. The quantitative estimate of drug-likeness (QED) is 0.867. The molecule has 0 aromatic heterocycles. The number of hydrogen-bond donors (Lipinski definition) is 1. The minimum atomic E-state index is -3.21. The monoisotopic (exact) mass is 356 g/mol. The maximum absolute atomic E-state index is 14.0. The highest BCUT2D eigenvalue weighted by atomic mass is 79.9. The second-order valence-corrected chi connectivity index (χ2v) is 5.22. The number of carbonyl (C=O) groups is 1. The molecule has 0 amide bonds. The van der Waals surface area contributed by atoms with E-state index >= 15 is 0 Å². The van der Waals surface area contributed by atoms with E-state index < -0.39 is 18.5 Å². The van der Waals surface area contributed by atoms with Crippen molar-refractivity contribution < 1.29 is 23.4 Å². The van der Waals surface area contributed by atoms with E-state index in [2.05, 4.69) is 15.9 Å². The van der Waals surface area contributed by atoms with Gasteiger partial charge in [0.1, 0.15) is 11.3 Å². The van der Waals surface area contributed by atoms with Crippen molar-refractivity contribution in [3.05, 3.63) is 64.1 Å². The molecule has 2 aromatic carbocycles. The standard InChI is InChI=1S/C15H11BrF2O3/c16-11-6-7-12(14(19)20)13(8-11)21-9-15(17,18)10-4-2-1-3-5-10/h1-8H,9H2,(H,19,20). The normalized spacial score (nSPS) is 11.2. The van der Waals surface area contributed by atoms with Crippen molar-refractivity contribution in [3.8, 4) is 5.75 Å². The topological polar surface area (TPSA) is 46.5 Å². The van der Waals surface area contributed by atoms with E-state index in [1.165, 1.54) is 42.5 Å². The molecule has 0 fully saturated rings. The largest absolute Gasteiger partial charge is 0.486 e. The first-order valence-electron chi connectivity index (χ1n) is 5.99. The molecule has 0 aliphatic heterocycles. The zero-order valence-electron chi connectivity index (χ0n) is 10.7. The first-order valence-corrected chi connectivity index (χ1v) is 6.78. The predicted molar refractivity (Wildman–Crippen MR) is 76.9 cm³/mol. The van der Waals surface area contributed by atoms with Crippen LogP contribution < -0.4 is 4.74 Å². The minimum absolute atomic E-state index is 0.104.